The zero-order chi connectivity index (χ0) is 15.2. The fourth-order valence-electron chi connectivity index (χ4n) is 3.56. The van der Waals surface area contributed by atoms with Gasteiger partial charge in [-0.2, -0.15) is 5.10 Å². The van der Waals surface area contributed by atoms with E-state index in [9.17, 15) is 0 Å². The second-order valence-corrected chi connectivity index (χ2v) is 7.47. The van der Waals surface area contributed by atoms with Crippen LogP contribution in [0.4, 0.5) is 0 Å². The van der Waals surface area contributed by atoms with E-state index in [1.807, 2.05) is 6.20 Å². The van der Waals surface area contributed by atoms with Gasteiger partial charge in [0.2, 0.25) is 0 Å². The van der Waals surface area contributed by atoms with Crippen molar-refractivity contribution in [2.24, 2.45) is 5.92 Å². The van der Waals surface area contributed by atoms with Crippen molar-refractivity contribution in [2.45, 2.75) is 77.8 Å². The molecule has 0 spiro atoms. The molecule has 1 aromatic heterocycles. The minimum absolute atomic E-state index is 0.404. The van der Waals surface area contributed by atoms with Crippen LogP contribution >= 0.6 is 15.9 Å². The van der Waals surface area contributed by atoms with Crippen LogP contribution in [0.1, 0.15) is 83.5 Å². The standard InChI is InChI=1S/C17H30BrN3/c1-4-19-16(11-14-9-7-5-6-8-10-14)17-15(18)12-20-21(17)13(2)3/h12-14,16,19H,4-11H2,1-3H3. The fourth-order valence-corrected chi connectivity index (χ4v) is 4.11. The maximum atomic E-state index is 4.56. The van der Waals surface area contributed by atoms with Crippen molar-refractivity contribution in [1.82, 2.24) is 15.1 Å². The normalized spacial score (nSPS) is 18.9. The van der Waals surface area contributed by atoms with Gasteiger partial charge >= 0.3 is 0 Å². The molecular weight excluding hydrogens is 326 g/mol. The van der Waals surface area contributed by atoms with Crippen LogP contribution in [-0.2, 0) is 0 Å². The predicted molar refractivity (Wildman–Crippen MR) is 92.5 cm³/mol. The Morgan fingerprint density at radius 1 is 1.29 bits per heavy atom. The third-order valence-electron chi connectivity index (χ3n) is 4.60. The van der Waals surface area contributed by atoms with Crippen molar-refractivity contribution >= 4 is 15.9 Å². The Balaban J connectivity index is 2.16. The molecule has 3 nitrogen and oxygen atoms in total. The molecule has 1 atom stereocenters. The molecule has 1 unspecified atom stereocenters. The Hall–Kier alpha value is -0.350. The highest BCUT2D eigenvalue weighted by molar-refractivity contribution is 9.10. The Kier molecular flexibility index (Phi) is 6.74. The van der Waals surface area contributed by atoms with Gasteiger partial charge < -0.3 is 5.32 Å². The van der Waals surface area contributed by atoms with E-state index in [4.69, 9.17) is 0 Å². The summed E-state index contributed by atoms with van der Waals surface area (Å²) in [5, 5.41) is 8.26. The van der Waals surface area contributed by atoms with Crippen LogP contribution in [0.2, 0.25) is 0 Å². The lowest BCUT2D eigenvalue weighted by atomic mass is 9.91. The lowest BCUT2D eigenvalue weighted by molar-refractivity contribution is 0.339. The second kappa shape index (κ2) is 8.33. The summed E-state index contributed by atoms with van der Waals surface area (Å²) < 4.78 is 3.32. The topological polar surface area (TPSA) is 29.9 Å². The van der Waals surface area contributed by atoms with Crippen LogP contribution in [0.25, 0.3) is 0 Å². The molecule has 0 saturated heterocycles. The lowest BCUT2D eigenvalue weighted by Gasteiger charge is -2.26. The van der Waals surface area contributed by atoms with Gasteiger partial charge in [0.25, 0.3) is 0 Å². The third-order valence-corrected chi connectivity index (χ3v) is 5.21. The lowest BCUT2D eigenvalue weighted by Crippen LogP contribution is -2.27. The van der Waals surface area contributed by atoms with Crippen molar-refractivity contribution in [2.75, 3.05) is 6.54 Å². The number of hydrogen-bond acceptors (Lipinski definition) is 2. The van der Waals surface area contributed by atoms with Crippen LogP contribution in [0, 0.1) is 5.92 Å². The summed E-state index contributed by atoms with van der Waals surface area (Å²) >= 11 is 3.71. The molecule has 1 aliphatic carbocycles. The van der Waals surface area contributed by atoms with Crippen LogP contribution in [0.3, 0.4) is 0 Å². The van der Waals surface area contributed by atoms with Gasteiger partial charge in [-0.15, -0.1) is 0 Å². The van der Waals surface area contributed by atoms with E-state index in [1.165, 1.54) is 50.6 Å². The monoisotopic (exact) mass is 355 g/mol. The van der Waals surface area contributed by atoms with Gasteiger partial charge in [-0.05, 0) is 48.7 Å². The number of nitrogens with zero attached hydrogens (tertiary/aromatic N) is 2. The van der Waals surface area contributed by atoms with Crippen molar-refractivity contribution in [3.8, 4) is 0 Å². The summed E-state index contributed by atoms with van der Waals surface area (Å²) in [4.78, 5) is 0. The van der Waals surface area contributed by atoms with E-state index in [1.54, 1.807) is 0 Å². The summed E-state index contributed by atoms with van der Waals surface area (Å²) in [6, 6.07) is 0.818. The van der Waals surface area contributed by atoms with Gasteiger partial charge in [0.15, 0.2) is 0 Å². The van der Waals surface area contributed by atoms with Gasteiger partial charge in [-0.25, -0.2) is 0 Å². The molecule has 2 rings (SSSR count). The van der Waals surface area contributed by atoms with Crippen LogP contribution in [-0.4, -0.2) is 16.3 Å². The first-order valence-electron chi connectivity index (χ1n) is 8.59. The van der Waals surface area contributed by atoms with Gasteiger partial charge in [0.05, 0.1) is 22.4 Å². The van der Waals surface area contributed by atoms with Crippen LogP contribution < -0.4 is 5.32 Å². The van der Waals surface area contributed by atoms with Gasteiger partial charge in [0.1, 0.15) is 0 Å². The molecule has 1 fully saturated rings. The number of aromatic nitrogens is 2. The number of halogens is 1. The molecule has 1 aromatic rings. The molecule has 1 aliphatic rings. The summed E-state index contributed by atoms with van der Waals surface area (Å²) in [6.45, 7) is 7.62. The van der Waals surface area contributed by atoms with Gasteiger partial charge in [-0.3, -0.25) is 4.68 Å². The molecule has 0 aliphatic heterocycles. The zero-order valence-electron chi connectivity index (χ0n) is 13.7. The molecule has 0 bridgehead atoms. The summed E-state index contributed by atoms with van der Waals surface area (Å²) in [5.74, 6) is 0.860. The van der Waals surface area contributed by atoms with Crippen molar-refractivity contribution < 1.29 is 0 Å². The predicted octanol–water partition coefficient (Wildman–Crippen LogP) is 5.24. The average Bonchev–Trinajstić information content (AvgIpc) is 2.67. The molecular formula is C17H30BrN3. The summed E-state index contributed by atoms with van der Waals surface area (Å²) in [7, 11) is 0. The highest BCUT2D eigenvalue weighted by Gasteiger charge is 2.24. The molecule has 120 valence electrons. The Morgan fingerprint density at radius 2 is 1.95 bits per heavy atom. The minimum Gasteiger partial charge on any atom is -0.309 e. The van der Waals surface area contributed by atoms with Crippen molar-refractivity contribution in [1.29, 1.82) is 0 Å². The maximum Gasteiger partial charge on any atom is 0.0698 e. The second-order valence-electron chi connectivity index (χ2n) is 6.62. The van der Waals surface area contributed by atoms with Crippen molar-refractivity contribution in [3.05, 3.63) is 16.4 Å². The van der Waals surface area contributed by atoms with Gasteiger partial charge in [0, 0.05) is 6.04 Å². The fraction of sp³-hybridized carbons (Fsp3) is 0.824. The number of nitrogens with one attached hydrogen (secondary N) is 1. The first-order chi connectivity index (χ1) is 10.1. The zero-order valence-corrected chi connectivity index (χ0v) is 15.3. The van der Waals surface area contributed by atoms with E-state index in [0.29, 0.717) is 12.1 Å². The van der Waals surface area contributed by atoms with E-state index in [0.717, 1.165) is 16.9 Å². The molecule has 0 aromatic carbocycles. The molecule has 4 heteroatoms. The first kappa shape index (κ1) is 17.0. The molecule has 0 radical (unpaired) electrons. The van der Waals surface area contributed by atoms with Crippen molar-refractivity contribution in [3.63, 3.8) is 0 Å². The van der Waals surface area contributed by atoms with E-state index >= 15 is 0 Å². The minimum atomic E-state index is 0.404. The highest BCUT2D eigenvalue weighted by atomic mass is 79.9. The smallest absolute Gasteiger partial charge is 0.0698 e. The van der Waals surface area contributed by atoms with E-state index < -0.39 is 0 Å². The highest BCUT2D eigenvalue weighted by Crippen LogP contribution is 2.34. The third kappa shape index (κ3) is 4.56. The molecule has 1 N–H and O–H groups in total. The molecule has 1 saturated carbocycles. The van der Waals surface area contributed by atoms with E-state index in [-0.39, 0.29) is 0 Å². The van der Waals surface area contributed by atoms with E-state index in [2.05, 4.69) is 51.8 Å². The Morgan fingerprint density at radius 3 is 2.52 bits per heavy atom. The molecule has 21 heavy (non-hydrogen) atoms. The van der Waals surface area contributed by atoms with Crippen LogP contribution in [0.5, 0.6) is 0 Å². The molecule has 0 amide bonds. The summed E-state index contributed by atoms with van der Waals surface area (Å²) in [5.41, 5.74) is 1.33. The number of hydrogen-bond donors (Lipinski definition) is 1. The van der Waals surface area contributed by atoms with Crippen LogP contribution in [0.15, 0.2) is 10.7 Å². The first-order valence-corrected chi connectivity index (χ1v) is 9.39. The quantitative estimate of drug-likeness (QED) is 0.707. The van der Waals surface area contributed by atoms with Gasteiger partial charge in [-0.1, -0.05) is 45.4 Å². The average molecular weight is 356 g/mol. The largest absolute Gasteiger partial charge is 0.309 e. The summed E-state index contributed by atoms with van der Waals surface area (Å²) in [6.07, 6.45) is 11.7. The molecule has 1 heterocycles. The number of rotatable bonds is 6. The maximum absolute atomic E-state index is 4.56. The Labute approximate surface area is 138 Å². The Bertz CT molecular complexity index is 420. The SMILES string of the molecule is CCNC(CC1CCCCCC1)c1c(Br)cnn1C(C)C.